The highest BCUT2D eigenvalue weighted by Crippen LogP contribution is 2.23. The lowest BCUT2D eigenvalue weighted by atomic mass is 10.1. The first-order chi connectivity index (χ1) is 8.72. The fourth-order valence-corrected chi connectivity index (χ4v) is 2.94. The van der Waals surface area contributed by atoms with Crippen LogP contribution in [0.3, 0.4) is 0 Å². The van der Waals surface area contributed by atoms with Crippen LogP contribution in [0.1, 0.15) is 16.0 Å². The van der Waals surface area contributed by atoms with Gasteiger partial charge in [0.1, 0.15) is 12.4 Å². The van der Waals surface area contributed by atoms with Crippen LogP contribution < -0.4 is 4.74 Å². The quantitative estimate of drug-likeness (QED) is 0.886. The molecule has 0 unspecified atom stereocenters. The van der Waals surface area contributed by atoms with Gasteiger partial charge in [0, 0.05) is 14.7 Å². The second-order valence-electron chi connectivity index (χ2n) is 3.77. The maximum absolute atomic E-state index is 9.19. The number of rotatable bonds is 5. The van der Waals surface area contributed by atoms with Gasteiger partial charge in [0.15, 0.2) is 0 Å². The molecule has 2 N–H and O–H groups in total. The minimum atomic E-state index is -0.0996. The highest BCUT2D eigenvalue weighted by molar-refractivity contribution is 9.10. The molecule has 0 saturated heterocycles. The Morgan fingerprint density at radius 1 is 1.11 bits per heavy atom. The van der Waals surface area contributed by atoms with E-state index in [1.807, 2.05) is 11.4 Å². The summed E-state index contributed by atoms with van der Waals surface area (Å²) in [4.78, 5) is 1.12. The molecule has 0 aliphatic heterocycles. The predicted octanol–water partition coefficient (Wildman–Crippen LogP) is 3.07. The molecule has 18 heavy (non-hydrogen) atoms. The first-order valence-corrected chi connectivity index (χ1v) is 7.09. The monoisotopic (exact) mass is 328 g/mol. The number of aliphatic hydroxyl groups excluding tert-OH is 2. The van der Waals surface area contributed by atoms with Crippen LogP contribution in [0, 0.1) is 0 Å². The lowest BCUT2D eigenvalue weighted by Crippen LogP contribution is -1.97. The van der Waals surface area contributed by atoms with E-state index in [4.69, 9.17) is 9.84 Å². The summed E-state index contributed by atoms with van der Waals surface area (Å²) in [6, 6.07) is 7.34. The zero-order valence-electron chi connectivity index (χ0n) is 9.60. The van der Waals surface area contributed by atoms with Crippen molar-refractivity contribution in [1.29, 1.82) is 0 Å². The normalized spacial score (nSPS) is 10.6. The van der Waals surface area contributed by atoms with E-state index in [0.717, 1.165) is 14.9 Å². The van der Waals surface area contributed by atoms with Crippen LogP contribution >= 0.6 is 27.3 Å². The van der Waals surface area contributed by atoms with Gasteiger partial charge in [0.25, 0.3) is 0 Å². The van der Waals surface area contributed by atoms with Crippen molar-refractivity contribution in [3.63, 3.8) is 0 Å². The van der Waals surface area contributed by atoms with Crippen molar-refractivity contribution in [1.82, 2.24) is 0 Å². The Kier molecular flexibility index (Phi) is 4.77. The van der Waals surface area contributed by atoms with Gasteiger partial charge < -0.3 is 14.9 Å². The number of hydrogen-bond donors (Lipinski definition) is 2. The van der Waals surface area contributed by atoms with E-state index in [0.29, 0.717) is 17.9 Å². The van der Waals surface area contributed by atoms with Crippen LogP contribution in [-0.4, -0.2) is 10.2 Å². The number of aliphatic hydroxyl groups is 2. The lowest BCUT2D eigenvalue weighted by molar-refractivity contribution is 0.257. The van der Waals surface area contributed by atoms with Gasteiger partial charge in [-0.3, -0.25) is 0 Å². The molecule has 0 aliphatic carbocycles. The number of hydrogen-bond acceptors (Lipinski definition) is 4. The molecule has 2 aromatic rings. The van der Waals surface area contributed by atoms with E-state index in [1.54, 1.807) is 29.5 Å². The van der Waals surface area contributed by atoms with E-state index in [9.17, 15) is 5.11 Å². The fraction of sp³-hybridized carbons (Fsp3) is 0.231. The molecule has 2 rings (SSSR count). The third kappa shape index (κ3) is 3.32. The summed E-state index contributed by atoms with van der Waals surface area (Å²) >= 11 is 5.02. The summed E-state index contributed by atoms with van der Waals surface area (Å²) in [5.41, 5.74) is 1.42. The van der Waals surface area contributed by atoms with E-state index in [2.05, 4.69) is 15.9 Å². The standard InChI is InChI=1S/C13H13BrO3S/c14-11-4-13(18-8-11)7-17-12-2-1-9(5-15)10(3-12)6-16/h1-4,8,15-16H,5-7H2. The molecule has 0 bridgehead atoms. The molecule has 3 nitrogen and oxygen atoms in total. The Hall–Kier alpha value is -0.880. The molecule has 1 heterocycles. The van der Waals surface area contributed by atoms with Crippen molar-refractivity contribution in [2.45, 2.75) is 19.8 Å². The highest BCUT2D eigenvalue weighted by atomic mass is 79.9. The summed E-state index contributed by atoms with van der Waals surface area (Å²) in [6.07, 6.45) is 0. The fourth-order valence-electron chi connectivity index (χ4n) is 1.58. The molecule has 96 valence electrons. The first kappa shape index (κ1) is 13.5. The topological polar surface area (TPSA) is 49.7 Å². The van der Waals surface area contributed by atoms with Crippen molar-refractivity contribution in [3.05, 3.63) is 50.1 Å². The van der Waals surface area contributed by atoms with Crippen LogP contribution in [0.5, 0.6) is 5.75 Å². The molecule has 1 aromatic heterocycles. The van der Waals surface area contributed by atoms with E-state index >= 15 is 0 Å². The summed E-state index contributed by atoms with van der Waals surface area (Å²) < 4.78 is 6.70. The summed E-state index contributed by atoms with van der Waals surface area (Å²) in [5.74, 6) is 0.695. The lowest BCUT2D eigenvalue weighted by Gasteiger charge is -2.09. The van der Waals surface area contributed by atoms with Crippen LogP contribution in [0.4, 0.5) is 0 Å². The Balaban J connectivity index is 2.05. The number of thiophene rings is 1. The van der Waals surface area contributed by atoms with Gasteiger partial charge in [0.05, 0.1) is 13.2 Å². The van der Waals surface area contributed by atoms with Crippen LogP contribution in [0.25, 0.3) is 0 Å². The highest BCUT2D eigenvalue weighted by Gasteiger charge is 2.04. The second-order valence-corrected chi connectivity index (χ2v) is 5.68. The van der Waals surface area contributed by atoms with E-state index in [-0.39, 0.29) is 13.2 Å². The second kappa shape index (κ2) is 6.33. The van der Waals surface area contributed by atoms with Gasteiger partial charge in [-0.2, -0.15) is 0 Å². The molecule has 0 radical (unpaired) electrons. The molecular weight excluding hydrogens is 316 g/mol. The maximum Gasteiger partial charge on any atom is 0.122 e. The van der Waals surface area contributed by atoms with Crippen LogP contribution in [0.2, 0.25) is 0 Å². The number of ether oxygens (including phenoxy) is 1. The molecular formula is C13H13BrO3S. The van der Waals surface area contributed by atoms with Crippen molar-refractivity contribution < 1.29 is 14.9 Å². The third-order valence-corrected chi connectivity index (χ3v) is 4.19. The molecule has 0 fully saturated rings. The number of halogens is 1. The van der Waals surface area contributed by atoms with Gasteiger partial charge in [-0.15, -0.1) is 11.3 Å². The largest absolute Gasteiger partial charge is 0.488 e. The Labute approximate surface area is 118 Å². The minimum absolute atomic E-state index is 0.0754. The SMILES string of the molecule is OCc1ccc(OCc2cc(Br)cs2)cc1CO. The van der Waals surface area contributed by atoms with Crippen LogP contribution in [0.15, 0.2) is 34.1 Å². The van der Waals surface area contributed by atoms with Gasteiger partial charge in [0.2, 0.25) is 0 Å². The van der Waals surface area contributed by atoms with Crippen molar-refractivity contribution in [3.8, 4) is 5.75 Å². The van der Waals surface area contributed by atoms with Gasteiger partial charge in [-0.1, -0.05) is 6.07 Å². The molecule has 1 aromatic carbocycles. The Morgan fingerprint density at radius 2 is 1.89 bits per heavy atom. The summed E-state index contributed by atoms with van der Waals surface area (Å²) in [7, 11) is 0. The zero-order chi connectivity index (χ0) is 13.0. The smallest absolute Gasteiger partial charge is 0.122 e. The maximum atomic E-state index is 9.19. The summed E-state index contributed by atoms with van der Waals surface area (Å²) in [5, 5.41) is 20.3. The van der Waals surface area contributed by atoms with Gasteiger partial charge in [-0.05, 0) is 45.3 Å². The molecule has 0 spiro atoms. The Bertz CT molecular complexity index is 525. The predicted molar refractivity (Wildman–Crippen MR) is 74.6 cm³/mol. The molecule has 0 atom stereocenters. The van der Waals surface area contributed by atoms with Crippen molar-refractivity contribution >= 4 is 27.3 Å². The molecule has 5 heteroatoms. The van der Waals surface area contributed by atoms with Crippen molar-refractivity contribution in [2.75, 3.05) is 0 Å². The molecule has 0 saturated carbocycles. The van der Waals surface area contributed by atoms with E-state index in [1.165, 1.54) is 0 Å². The van der Waals surface area contributed by atoms with Gasteiger partial charge in [-0.25, -0.2) is 0 Å². The number of benzene rings is 1. The average molecular weight is 329 g/mol. The Morgan fingerprint density at radius 3 is 2.50 bits per heavy atom. The third-order valence-electron chi connectivity index (χ3n) is 2.52. The minimum Gasteiger partial charge on any atom is -0.488 e. The van der Waals surface area contributed by atoms with E-state index < -0.39 is 0 Å². The molecule has 0 amide bonds. The zero-order valence-corrected chi connectivity index (χ0v) is 12.0. The van der Waals surface area contributed by atoms with Crippen LogP contribution in [-0.2, 0) is 19.8 Å². The van der Waals surface area contributed by atoms with Crippen molar-refractivity contribution in [2.24, 2.45) is 0 Å². The summed E-state index contributed by atoms with van der Waals surface area (Å²) in [6.45, 7) is 0.325. The average Bonchev–Trinajstić information content (AvgIpc) is 2.81. The van der Waals surface area contributed by atoms with Gasteiger partial charge >= 0.3 is 0 Å². The molecule has 0 aliphatic rings. The first-order valence-electron chi connectivity index (χ1n) is 5.42.